The van der Waals surface area contributed by atoms with Gasteiger partial charge in [0.2, 0.25) is 0 Å². The van der Waals surface area contributed by atoms with E-state index in [9.17, 15) is 0 Å². The molecule has 0 aromatic heterocycles. The zero-order valence-electron chi connectivity index (χ0n) is 3.83. The van der Waals surface area contributed by atoms with E-state index in [-0.39, 0.29) is 0 Å². The van der Waals surface area contributed by atoms with E-state index in [0.29, 0.717) is 0 Å². The molecule has 0 unspecified atom stereocenters. The predicted molar refractivity (Wildman–Crippen MR) is 39.3 cm³/mol. The average molecular weight is 268 g/mol. The average Bonchev–Trinajstić information content (AvgIpc) is 1.72. The fraction of sp³-hybridized carbons (Fsp3) is 1.00. The predicted octanol–water partition coefficient (Wildman–Crippen LogP) is 1.55. The molecule has 7 heavy (non-hydrogen) atoms. The molecular weight excluding hydrogens is 261 g/mol. The van der Waals surface area contributed by atoms with Gasteiger partial charge in [-0.05, 0) is 0 Å². The maximum atomic E-state index is 5.49. The van der Waals surface area contributed by atoms with Crippen molar-refractivity contribution in [2.24, 2.45) is 0 Å². The number of alkyl halides is 3. The fourth-order valence-electron chi connectivity index (χ4n) is 0.124. The van der Waals surface area contributed by atoms with Crippen molar-refractivity contribution in [1.29, 1.82) is 0 Å². The van der Waals surface area contributed by atoms with Crippen LogP contribution < -0.4 is 0 Å². The van der Waals surface area contributed by atoms with Crippen LogP contribution in [0.1, 0.15) is 0 Å². The van der Waals surface area contributed by atoms with E-state index in [1.807, 2.05) is 0 Å². The summed E-state index contributed by atoms with van der Waals surface area (Å²) >= 11 is 15.0. The first-order valence-corrected chi connectivity index (χ1v) is 10.6. The molecule has 0 fully saturated rings. The Kier molecular flexibility index (Phi) is 7.18. The van der Waals surface area contributed by atoms with E-state index >= 15 is 0 Å². The summed E-state index contributed by atoms with van der Waals surface area (Å²) in [5.74, 6) is 0. The van der Waals surface area contributed by atoms with Gasteiger partial charge < -0.3 is 0 Å². The summed E-state index contributed by atoms with van der Waals surface area (Å²) < 4.78 is 2.32. The molecule has 0 spiro atoms. The summed E-state index contributed by atoms with van der Waals surface area (Å²) in [6, 6.07) is 0. The third-order valence-electron chi connectivity index (χ3n) is 0.655. The molecule has 0 radical (unpaired) electrons. The second-order valence-electron chi connectivity index (χ2n) is 1.33. The molecule has 0 heterocycles. The van der Waals surface area contributed by atoms with Gasteiger partial charge in [-0.3, -0.25) is 0 Å². The van der Waals surface area contributed by atoms with Gasteiger partial charge in [-0.1, -0.05) is 0 Å². The minimum absolute atomic E-state index is 0.773. The van der Waals surface area contributed by atoms with Gasteiger partial charge in [-0.25, -0.2) is 0 Å². The molecule has 0 aliphatic heterocycles. The Morgan fingerprint density at radius 1 is 0.857 bits per heavy atom. The Bertz CT molecular complexity index is 31.7. The van der Waals surface area contributed by atoms with Crippen LogP contribution in [0.3, 0.4) is 0 Å². The summed E-state index contributed by atoms with van der Waals surface area (Å²) in [5.41, 5.74) is 0. The van der Waals surface area contributed by atoms with Gasteiger partial charge in [0.05, 0.1) is 0 Å². The summed E-state index contributed by atoms with van der Waals surface area (Å²) in [7, 11) is 0. The van der Waals surface area contributed by atoms with E-state index < -0.39 is 19.8 Å². The van der Waals surface area contributed by atoms with Crippen molar-refractivity contribution < 1.29 is 0 Å². The van der Waals surface area contributed by atoms with E-state index in [0.717, 1.165) is 11.7 Å². The summed E-state index contributed by atoms with van der Waals surface area (Å²) in [6.07, 6.45) is 0. The van der Waals surface area contributed by atoms with Gasteiger partial charge in [0.15, 0.2) is 0 Å². The fourth-order valence-corrected chi connectivity index (χ4v) is 7.47. The first kappa shape index (κ1) is 8.67. The number of hydrogen-bond donors (Lipinski definition) is 0. The number of hydrogen-bond acceptors (Lipinski definition) is 0. The Balaban J connectivity index is 2.99. The Morgan fingerprint density at radius 3 is 1.14 bits per heavy atom. The van der Waals surface area contributed by atoms with Crippen LogP contribution >= 0.6 is 34.8 Å². The zero-order chi connectivity index (χ0) is 5.70. The molecule has 0 aliphatic rings. The van der Waals surface area contributed by atoms with E-state index in [1.165, 1.54) is 0 Å². The van der Waals surface area contributed by atoms with Crippen LogP contribution in [0.5, 0.6) is 0 Å². The van der Waals surface area contributed by atoms with Gasteiger partial charge in [-0.2, -0.15) is 0 Å². The molecular formula is C3H7Cl3Sn. The van der Waals surface area contributed by atoms with Crippen LogP contribution in [0.15, 0.2) is 0 Å². The van der Waals surface area contributed by atoms with Crippen LogP contribution in [-0.4, -0.2) is 31.4 Å². The zero-order valence-corrected chi connectivity index (χ0v) is 9.40. The molecule has 0 atom stereocenters. The van der Waals surface area contributed by atoms with Crippen molar-refractivity contribution in [1.82, 2.24) is 0 Å². The molecule has 0 bridgehead atoms. The summed E-state index contributed by atoms with van der Waals surface area (Å²) in [5, 5.41) is 0. The summed E-state index contributed by atoms with van der Waals surface area (Å²) in [4.78, 5) is 0. The minimum atomic E-state index is -1.47. The third-order valence-corrected chi connectivity index (χ3v) is 13.2. The molecule has 0 aliphatic carbocycles. The van der Waals surface area contributed by atoms with Crippen molar-refractivity contribution >= 4 is 54.6 Å². The Hall–Kier alpha value is 1.67. The molecule has 0 amide bonds. The second kappa shape index (κ2) is 5.80. The van der Waals surface area contributed by atoms with Crippen molar-refractivity contribution in [3.05, 3.63) is 0 Å². The molecule has 0 nitrogen and oxygen atoms in total. The van der Waals surface area contributed by atoms with Gasteiger partial charge in [0, 0.05) is 0 Å². The molecule has 44 valence electrons. The normalized spacial score (nSPS) is 10.3. The first-order chi connectivity index (χ1) is 3.35. The SMILES string of the molecule is Cl[CH2][SnH]([CH2]Cl)[CH2]Cl. The van der Waals surface area contributed by atoms with Crippen LogP contribution in [0.25, 0.3) is 0 Å². The van der Waals surface area contributed by atoms with Crippen LogP contribution in [0.2, 0.25) is 0 Å². The maximum absolute atomic E-state index is 5.49. The van der Waals surface area contributed by atoms with Crippen LogP contribution in [0.4, 0.5) is 0 Å². The van der Waals surface area contributed by atoms with E-state index in [4.69, 9.17) is 34.8 Å². The number of rotatable bonds is 3. The second-order valence-corrected chi connectivity index (χ2v) is 15.1. The quantitative estimate of drug-likeness (QED) is 0.538. The van der Waals surface area contributed by atoms with Gasteiger partial charge in [0.25, 0.3) is 0 Å². The van der Waals surface area contributed by atoms with Crippen molar-refractivity contribution in [2.45, 2.75) is 0 Å². The third kappa shape index (κ3) is 4.19. The first-order valence-electron chi connectivity index (χ1n) is 2.03. The summed E-state index contributed by atoms with van der Waals surface area (Å²) in [6.45, 7) is 0. The van der Waals surface area contributed by atoms with Crippen LogP contribution in [-0.2, 0) is 0 Å². The van der Waals surface area contributed by atoms with Crippen molar-refractivity contribution in [3.63, 3.8) is 0 Å². The van der Waals surface area contributed by atoms with Gasteiger partial charge in [-0.15, -0.1) is 0 Å². The van der Waals surface area contributed by atoms with Crippen molar-refractivity contribution in [2.75, 3.05) is 11.7 Å². The molecule has 0 N–H and O–H groups in total. The monoisotopic (exact) mass is 268 g/mol. The van der Waals surface area contributed by atoms with E-state index in [2.05, 4.69) is 0 Å². The molecule has 0 saturated heterocycles. The molecule has 0 aromatic carbocycles. The molecule has 0 aromatic rings. The molecule has 0 rings (SSSR count). The number of halogens is 3. The Morgan fingerprint density at radius 2 is 1.14 bits per heavy atom. The van der Waals surface area contributed by atoms with Gasteiger partial charge >= 0.3 is 66.3 Å². The van der Waals surface area contributed by atoms with Crippen LogP contribution in [0, 0.1) is 0 Å². The van der Waals surface area contributed by atoms with Gasteiger partial charge in [0.1, 0.15) is 0 Å². The standard InChI is InChI=1S/3CH2Cl.Sn.H/c3*1-2;;/h3*1H2;;. The van der Waals surface area contributed by atoms with E-state index in [1.54, 1.807) is 0 Å². The molecule has 0 saturated carbocycles. The topological polar surface area (TPSA) is 0 Å². The Labute approximate surface area is 65.9 Å². The molecule has 4 heteroatoms. The van der Waals surface area contributed by atoms with Crippen molar-refractivity contribution in [3.8, 4) is 0 Å².